The van der Waals surface area contributed by atoms with Crippen molar-refractivity contribution in [2.75, 3.05) is 0 Å². The second kappa shape index (κ2) is 4.41. The first-order chi connectivity index (χ1) is 7.59. The summed E-state index contributed by atoms with van der Waals surface area (Å²) < 4.78 is 4.99. The van der Waals surface area contributed by atoms with Crippen molar-refractivity contribution in [3.8, 4) is 11.4 Å². The highest BCUT2D eigenvalue weighted by molar-refractivity contribution is 6.38. The molecule has 0 aliphatic heterocycles. The highest BCUT2D eigenvalue weighted by Gasteiger charge is 2.16. The lowest BCUT2D eigenvalue weighted by atomic mass is 10.2. The average molecular weight is 258 g/mol. The molecule has 0 saturated heterocycles. The number of rotatable bonds is 2. The monoisotopic (exact) mass is 257 g/mol. The van der Waals surface area contributed by atoms with Gasteiger partial charge in [0.05, 0.1) is 21.7 Å². The molecule has 1 aromatic carbocycles. The molecular formula is C10H9Cl2N3O. The Morgan fingerprint density at radius 1 is 1.31 bits per heavy atom. The third-order valence-corrected chi connectivity index (χ3v) is 2.65. The Bertz CT molecular complexity index is 490. The van der Waals surface area contributed by atoms with Crippen LogP contribution < -0.4 is 5.73 Å². The number of benzene rings is 1. The van der Waals surface area contributed by atoms with E-state index in [2.05, 4.69) is 10.1 Å². The Balaban J connectivity index is 2.50. The van der Waals surface area contributed by atoms with Crippen LogP contribution in [-0.4, -0.2) is 10.1 Å². The van der Waals surface area contributed by atoms with E-state index in [1.807, 2.05) is 0 Å². The van der Waals surface area contributed by atoms with Gasteiger partial charge in [-0.15, -0.1) is 0 Å². The van der Waals surface area contributed by atoms with Gasteiger partial charge in [0.2, 0.25) is 11.7 Å². The van der Waals surface area contributed by atoms with E-state index >= 15 is 0 Å². The number of nitrogens with zero attached hydrogens (tertiary/aromatic N) is 2. The van der Waals surface area contributed by atoms with Crippen LogP contribution in [0.5, 0.6) is 0 Å². The Morgan fingerprint density at radius 3 is 2.44 bits per heavy atom. The molecule has 1 aromatic heterocycles. The van der Waals surface area contributed by atoms with Crippen molar-refractivity contribution >= 4 is 23.2 Å². The molecule has 6 heteroatoms. The molecule has 0 spiro atoms. The van der Waals surface area contributed by atoms with Crippen LogP contribution in [0.2, 0.25) is 10.0 Å². The molecular weight excluding hydrogens is 249 g/mol. The molecule has 0 aliphatic carbocycles. The van der Waals surface area contributed by atoms with Crippen LogP contribution in [-0.2, 0) is 0 Å². The van der Waals surface area contributed by atoms with Gasteiger partial charge in [0.15, 0.2) is 0 Å². The van der Waals surface area contributed by atoms with Gasteiger partial charge in [0.25, 0.3) is 0 Å². The van der Waals surface area contributed by atoms with Gasteiger partial charge >= 0.3 is 0 Å². The van der Waals surface area contributed by atoms with E-state index in [9.17, 15) is 0 Å². The van der Waals surface area contributed by atoms with Gasteiger partial charge in [-0.1, -0.05) is 34.4 Å². The Morgan fingerprint density at radius 2 is 1.94 bits per heavy atom. The molecule has 84 valence electrons. The lowest BCUT2D eigenvalue weighted by Crippen LogP contribution is -2.04. The molecule has 0 aliphatic rings. The van der Waals surface area contributed by atoms with Gasteiger partial charge in [-0.3, -0.25) is 0 Å². The quantitative estimate of drug-likeness (QED) is 0.898. The Kier molecular flexibility index (Phi) is 3.14. The standard InChI is InChI=1S/C10H9Cl2N3O/c1-5(13)10-14-9(15-16-10)8-6(11)3-2-4-7(8)12/h2-5H,13H2,1H3. The average Bonchev–Trinajstić information content (AvgIpc) is 2.66. The van der Waals surface area contributed by atoms with Crippen molar-refractivity contribution in [3.63, 3.8) is 0 Å². The van der Waals surface area contributed by atoms with Crippen molar-refractivity contribution in [1.82, 2.24) is 10.1 Å². The highest BCUT2D eigenvalue weighted by atomic mass is 35.5. The molecule has 1 unspecified atom stereocenters. The van der Waals surface area contributed by atoms with Crippen LogP contribution >= 0.6 is 23.2 Å². The molecule has 16 heavy (non-hydrogen) atoms. The summed E-state index contributed by atoms with van der Waals surface area (Å²) in [6, 6.07) is 4.86. The van der Waals surface area contributed by atoms with E-state index in [0.717, 1.165) is 0 Å². The maximum atomic E-state index is 6.02. The maximum absolute atomic E-state index is 6.02. The topological polar surface area (TPSA) is 64.9 Å². The van der Waals surface area contributed by atoms with E-state index in [-0.39, 0.29) is 6.04 Å². The molecule has 0 radical (unpaired) electrons. The molecule has 4 nitrogen and oxygen atoms in total. The van der Waals surface area contributed by atoms with Crippen molar-refractivity contribution in [2.24, 2.45) is 5.73 Å². The van der Waals surface area contributed by atoms with Gasteiger partial charge in [0.1, 0.15) is 0 Å². The third kappa shape index (κ3) is 2.04. The van der Waals surface area contributed by atoms with Gasteiger partial charge in [-0.05, 0) is 19.1 Å². The molecule has 0 fully saturated rings. The Labute approximate surface area is 102 Å². The highest BCUT2D eigenvalue weighted by Crippen LogP contribution is 2.32. The summed E-state index contributed by atoms with van der Waals surface area (Å²) in [6.45, 7) is 1.76. The molecule has 2 N–H and O–H groups in total. The zero-order valence-electron chi connectivity index (χ0n) is 8.45. The predicted molar refractivity (Wildman–Crippen MR) is 62.4 cm³/mol. The zero-order valence-corrected chi connectivity index (χ0v) is 9.96. The van der Waals surface area contributed by atoms with Crippen molar-refractivity contribution in [1.29, 1.82) is 0 Å². The van der Waals surface area contributed by atoms with Crippen LogP contribution in [0.15, 0.2) is 22.7 Å². The van der Waals surface area contributed by atoms with Crippen molar-refractivity contribution in [3.05, 3.63) is 34.1 Å². The first kappa shape index (κ1) is 11.4. The maximum Gasteiger partial charge on any atom is 0.243 e. The van der Waals surface area contributed by atoms with Gasteiger partial charge in [-0.2, -0.15) is 4.98 Å². The molecule has 0 amide bonds. The third-order valence-electron chi connectivity index (χ3n) is 2.02. The smallest absolute Gasteiger partial charge is 0.243 e. The van der Waals surface area contributed by atoms with Crippen LogP contribution in [0, 0.1) is 0 Å². The van der Waals surface area contributed by atoms with Crippen LogP contribution in [0.25, 0.3) is 11.4 Å². The SMILES string of the molecule is CC(N)c1nc(-c2c(Cl)cccc2Cl)no1. The summed E-state index contributed by atoms with van der Waals surface area (Å²) >= 11 is 12.0. The minimum atomic E-state index is -0.317. The van der Waals surface area contributed by atoms with E-state index in [1.165, 1.54) is 0 Å². The first-order valence-electron chi connectivity index (χ1n) is 4.63. The van der Waals surface area contributed by atoms with Crippen LogP contribution in [0.1, 0.15) is 18.9 Å². The molecule has 2 aromatic rings. The number of halogens is 2. The number of aromatic nitrogens is 2. The summed E-state index contributed by atoms with van der Waals surface area (Å²) in [5, 5.41) is 4.75. The lowest BCUT2D eigenvalue weighted by Gasteiger charge is -2.00. The fraction of sp³-hybridized carbons (Fsp3) is 0.200. The summed E-state index contributed by atoms with van der Waals surface area (Å²) in [4.78, 5) is 4.13. The van der Waals surface area contributed by atoms with Crippen molar-refractivity contribution in [2.45, 2.75) is 13.0 Å². The van der Waals surface area contributed by atoms with Gasteiger partial charge < -0.3 is 10.3 Å². The fourth-order valence-electron chi connectivity index (χ4n) is 1.23. The molecule has 2 rings (SSSR count). The fourth-order valence-corrected chi connectivity index (χ4v) is 1.80. The first-order valence-corrected chi connectivity index (χ1v) is 5.38. The Hall–Kier alpha value is -1.10. The largest absolute Gasteiger partial charge is 0.337 e. The summed E-state index contributed by atoms with van der Waals surface area (Å²) in [7, 11) is 0. The molecule has 0 bridgehead atoms. The van der Waals surface area contributed by atoms with Crippen molar-refractivity contribution < 1.29 is 4.52 Å². The second-order valence-corrected chi connectivity index (χ2v) is 4.16. The number of nitrogens with two attached hydrogens (primary N) is 1. The van der Waals surface area contributed by atoms with Gasteiger partial charge in [-0.25, -0.2) is 0 Å². The summed E-state index contributed by atoms with van der Waals surface area (Å²) in [5.74, 6) is 0.703. The van der Waals surface area contributed by atoms with Gasteiger partial charge in [0, 0.05) is 0 Å². The van der Waals surface area contributed by atoms with E-state index < -0.39 is 0 Å². The minimum absolute atomic E-state index is 0.317. The van der Waals surface area contributed by atoms with E-state index in [1.54, 1.807) is 25.1 Å². The minimum Gasteiger partial charge on any atom is -0.337 e. The summed E-state index contributed by atoms with van der Waals surface area (Å²) in [6.07, 6.45) is 0. The molecule has 1 heterocycles. The number of hydrogen-bond donors (Lipinski definition) is 1. The molecule has 1 atom stereocenters. The number of hydrogen-bond acceptors (Lipinski definition) is 4. The molecule has 0 saturated carbocycles. The van der Waals surface area contributed by atoms with Crippen LogP contribution in [0.4, 0.5) is 0 Å². The van der Waals surface area contributed by atoms with Crippen LogP contribution in [0.3, 0.4) is 0 Å². The van der Waals surface area contributed by atoms with E-state index in [0.29, 0.717) is 27.3 Å². The second-order valence-electron chi connectivity index (χ2n) is 3.34. The van der Waals surface area contributed by atoms with E-state index in [4.69, 9.17) is 33.5 Å². The summed E-state index contributed by atoms with van der Waals surface area (Å²) in [5.41, 5.74) is 6.18. The lowest BCUT2D eigenvalue weighted by molar-refractivity contribution is 0.362. The zero-order chi connectivity index (χ0) is 11.7. The normalized spacial score (nSPS) is 12.8. The predicted octanol–water partition coefficient (Wildman–Crippen LogP) is 3.06.